The van der Waals surface area contributed by atoms with Gasteiger partial charge in [-0.25, -0.2) is 4.98 Å². The van der Waals surface area contributed by atoms with E-state index in [4.69, 9.17) is 9.47 Å². The van der Waals surface area contributed by atoms with Crippen LogP contribution in [0.3, 0.4) is 0 Å². The Kier molecular flexibility index (Phi) is 7.55. The third-order valence-corrected chi connectivity index (χ3v) is 7.19. The number of amides is 2. The number of benzene rings is 2. The normalized spacial score (nSPS) is 17.1. The maximum Gasteiger partial charge on any atom is 0.245 e. The van der Waals surface area contributed by atoms with Gasteiger partial charge in [0.05, 0.1) is 38.8 Å². The van der Waals surface area contributed by atoms with Gasteiger partial charge in [0.2, 0.25) is 11.8 Å². The topological polar surface area (TPSA) is 96.5 Å². The summed E-state index contributed by atoms with van der Waals surface area (Å²) in [5.74, 6) is 1.11. The van der Waals surface area contributed by atoms with Crippen molar-refractivity contribution in [3.63, 3.8) is 0 Å². The second-order valence-electron chi connectivity index (χ2n) is 10.0. The Morgan fingerprint density at radius 1 is 1.14 bits per heavy atom. The fraction of sp³-hybridized carbons (Fsp3) is 0.414. The molecule has 2 fully saturated rings. The first kappa shape index (κ1) is 25.0. The van der Waals surface area contributed by atoms with E-state index in [-0.39, 0.29) is 18.2 Å². The SMILES string of the molecule is COc1ccc(C[C@@H](NC(=O)CCc2c[nH]cn2)C(=O)N2CC(OCC3CC3)(c3ccccc3)C2)cc1. The second-order valence-corrected chi connectivity index (χ2v) is 10.0. The number of rotatable bonds is 12. The van der Waals surface area contributed by atoms with E-state index in [2.05, 4.69) is 27.4 Å². The van der Waals surface area contributed by atoms with Crippen LogP contribution in [0.2, 0.25) is 0 Å². The number of hydrogen-bond acceptors (Lipinski definition) is 5. The summed E-state index contributed by atoms with van der Waals surface area (Å²) < 4.78 is 11.7. The molecule has 2 aromatic carbocycles. The molecule has 2 amide bonds. The number of imidazole rings is 1. The van der Waals surface area contributed by atoms with Gasteiger partial charge < -0.3 is 24.7 Å². The van der Waals surface area contributed by atoms with Crippen LogP contribution in [0.4, 0.5) is 0 Å². The summed E-state index contributed by atoms with van der Waals surface area (Å²) in [4.78, 5) is 35.4. The van der Waals surface area contributed by atoms with Gasteiger partial charge in [-0.1, -0.05) is 42.5 Å². The molecule has 37 heavy (non-hydrogen) atoms. The quantitative estimate of drug-likeness (QED) is 0.396. The number of H-pyrrole nitrogens is 1. The van der Waals surface area contributed by atoms with Crippen LogP contribution >= 0.6 is 0 Å². The van der Waals surface area contributed by atoms with Gasteiger partial charge in [0.15, 0.2) is 0 Å². The Labute approximate surface area is 217 Å². The predicted molar refractivity (Wildman–Crippen MR) is 139 cm³/mol. The van der Waals surface area contributed by atoms with Gasteiger partial charge in [-0.2, -0.15) is 0 Å². The lowest BCUT2D eigenvalue weighted by molar-refractivity contribution is -0.176. The minimum Gasteiger partial charge on any atom is -0.497 e. The number of likely N-dealkylation sites (tertiary alicyclic amines) is 1. The molecule has 3 aromatic rings. The maximum atomic E-state index is 13.7. The number of hydrogen-bond donors (Lipinski definition) is 2. The van der Waals surface area contributed by atoms with E-state index in [0.717, 1.165) is 29.2 Å². The minimum atomic E-state index is -0.669. The smallest absolute Gasteiger partial charge is 0.245 e. The molecule has 1 saturated heterocycles. The van der Waals surface area contributed by atoms with E-state index in [1.165, 1.54) is 12.8 Å². The molecule has 0 unspecified atom stereocenters. The number of nitrogens with one attached hydrogen (secondary N) is 2. The number of carbonyl (C=O) groups is 2. The highest BCUT2D eigenvalue weighted by Gasteiger charge is 2.49. The molecular weight excluding hydrogens is 468 g/mol. The van der Waals surface area contributed by atoms with Crippen molar-refractivity contribution < 1.29 is 19.1 Å². The molecule has 8 nitrogen and oxygen atoms in total. The Morgan fingerprint density at radius 3 is 2.54 bits per heavy atom. The van der Waals surface area contributed by atoms with Gasteiger partial charge in [-0.05, 0) is 48.4 Å². The number of aryl methyl sites for hydroxylation is 1. The second kappa shape index (κ2) is 11.2. The zero-order valence-electron chi connectivity index (χ0n) is 21.2. The molecule has 194 valence electrons. The van der Waals surface area contributed by atoms with Gasteiger partial charge >= 0.3 is 0 Å². The fourth-order valence-electron chi connectivity index (χ4n) is 4.74. The van der Waals surface area contributed by atoms with Crippen molar-refractivity contribution in [1.82, 2.24) is 20.2 Å². The zero-order chi connectivity index (χ0) is 25.7. The predicted octanol–water partition coefficient (Wildman–Crippen LogP) is 3.24. The first-order valence-corrected chi connectivity index (χ1v) is 12.9. The number of carbonyl (C=O) groups excluding carboxylic acids is 2. The van der Waals surface area contributed by atoms with E-state index in [0.29, 0.717) is 31.8 Å². The van der Waals surface area contributed by atoms with Crippen LogP contribution < -0.4 is 10.1 Å². The average Bonchev–Trinajstić information content (AvgIpc) is 3.59. The van der Waals surface area contributed by atoms with E-state index in [1.807, 2.05) is 47.4 Å². The van der Waals surface area contributed by atoms with Crippen LogP contribution in [-0.2, 0) is 32.8 Å². The molecule has 1 aromatic heterocycles. The van der Waals surface area contributed by atoms with Gasteiger partial charge in [-0.15, -0.1) is 0 Å². The molecule has 2 aliphatic rings. The summed E-state index contributed by atoms with van der Waals surface area (Å²) in [6.45, 7) is 1.67. The van der Waals surface area contributed by atoms with Gasteiger partial charge in [0.25, 0.3) is 0 Å². The molecule has 1 atom stereocenters. The summed E-state index contributed by atoms with van der Waals surface area (Å²) >= 11 is 0. The molecule has 8 heteroatoms. The van der Waals surface area contributed by atoms with Crippen molar-refractivity contribution in [2.75, 3.05) is 26.8 Å². The number of aromatic amines is 1. The molecule has 5 rings (SSSR count). The zero-order valence-corrected chi connectivity index (χ0v) is 21.2. The van der Waals surface area contributed by atoms with Gasteiger partial charge in [0.1, 0.15) is 17.4 Å². The molecule has 2 heterocycles. The minimum absolute atomic E-state index is 0.0921. The summed E-state index contributed by atoms with van der Waals surface area (Å²) in [6.07, 6.45) is 6.96. The number of nitrogens with zero attached hydrogens (tertiary/aromatic N) is 2. The maximum absolute atomic E-state index is 13.7. The lowest BCUT2D eigenvalue weighted by atomic mass is 9.84. The Morgan fingerprint density at radius 2 is 1.89 bits per heavy atom. The first-order valence-electron chi connectivity index (χ1n) is 12.9. The van der Waals surface area contributed by atoms with Crippen LogP contribution in [0.25, 0.3) is 0 Å². The monoisotopic (exact) mass is 502 g/mol. The highest BCUT2D eigenvalue weighted by molar-refractivity contribution is 5.88. The Balaban J connectivity index is 1.28. The largest absolute Gasteiger partial charge is 0.497 e. The Bertz CT molecular complexity index is 1170. The van der Waals surface area contributed by atoms with Crippen LogP contribution in [-0.4, -0.2) is 59.5 Å². The third-order valence-electron chi connectivity index (χ3n) is 7.19. The molecule has 0 bridgehead atoms. The summed E-state index contributed by atoms with van der Waals surface area (Å²) in [5.41, 5.74) is 2.37. The number of ether oxygens (including phenoxy) is 2. The molecule has 2 N–H and O–H groups in total. The molecular formula is C29H34N4O4. The van der Waals surface area contributed by atoms with Crippen molar-refractivity contribution in [3.05, 3.63) is 83.9 Å². The highest BCUT2D eigenvalue weighted by atomic mass is 16.5. The van der Waals surface area contributed by atoms with Crippen LogP contribution in [0.1, 0.15) is 36.1 Å². The number of methoxy groups -OCH3 is 1. The van der Waals surface area contributed by atoms with Crippen LogP contribution in [0, 0.1) is 5.92 Å². The van der Waals surface area contributed by atoms with Crippen LogP contribution in [0.5, 0.6) is 5.75 Å². The van der Waals surface area contributed by atoms with Crippen molar-refractivity contribution >= 4 is 11.8 Å². The summed E-state index contributed by atoms with van der Waals surface area (Å²) in [6, 6.07) is 17.1. The molecule has 0 radical (unpaired) electrons. The lowest BCUT2D eigenvalue weighted by Gasteiger charge is -2.51. The van der Waals surface area contributed by atoms with E-state index in [9.17, 15) is 9.59 Å². The standard InChI is InChI=1S/C29H34N4O4/c1-36-25-12-9-21(10-13-25)15-26(32-27(34)14-11-24-16-30-20-31-24)28(35)33-18-29(19-33,37-17-22-7-8-22)23-5-3-2-4-6-23/h2-6,9-10,12-13,16,20,22,26H,7-8,11,14-15,17-19H2,1H3,(H,30,31)(H,32,34)/t26-/m1/s1. The third kappa shape index (κ3) is 6.20. The molecule has 0 spiro atoms. The van der Waals surface area contributed by atoms with Crippen molar-refractivity contribution in [2.45, 2.75) is 43.7 Å². The van der Waals surface area contributed by atoms with E-state index in [1.54, 1.807) is 19.6 Å². The Hall–Kier alpha value is -3.65. The molecule has 1 aliphatic heterocycles. The van der Waals surface area contributed by atoms with E-state index >= 15 is 0 Å². The summed E-state index contributed by atoms with van der Waals surface area (Å²) in [5, 5.41) is 2.99. The van der Waals surface area contributed by atoms with Gasteiger partial charge in [-0.3, -0.25) is 9.59 Å². The van der Waals surface area contributed by atoms with Gasteiger partial charge in [0, 0.05) is 19.0 Å². The van der Waals surface area contributed by atoms with Crippen LogP contribution in [0.15, 0.2) is 67.1 Å². The lowest BCUT2D eigenvalue weighted by Crippen LogP contribution is -2.66. The average molecular weight is 503 g/mol. The molecule has 1 saturated carbocycles. The summed E-state index contributed by atoms with van der Waals surface area (Å²) in [7, 11) is 1.62. The fourth-order valence-corrected chi connectivity index (χ4v) is 4.74. The van der Waals surface area contributed by atoms with Crippen molar-refractivity contribution in [1.29, 1.82) is 0 Å². The highest BCUT2D eigenvalue weighted by Crippen LogP contribution is 2.39. The number of aromatic nitrogens is 2. The van der Waals surface area contributed by atoms with Crippen molar-refractivity contribution in [2.24, 2.45) is 5.92 Å². The van der Waals surface area contributed by atoms with Crippen molar-refractivity contribution in [3.8, 4) is 5.75 Å². The van der Waals surface area contributed by atoms with E-state index < -0.39 is 11.6 Å². The first-order chi connectivity index (χ1) is 18.0. The molecule has 1 aliphatic carbocycles.